The van der Waals surface area contributed by atoms with Crippen LogP contribution in [0.25, 0.3) is 44.5 Å². The highest BCUT2D eigenvalue weighted by molar-refractivity contribution is 7.92. The van der Waals surface area contributed by atoms with Crippen molar-refractivity contribution < 1.29 is 42.5 Å². The molecule has 9 rings (SSSR count). The summed E-state index contributed by atoms with van der Waals surface area (Å²) < 4.78 is 134. The lowest BCUT2D eigenvalue weighted by atomic mass is 9.99. The van der Waals surface area contributed by atoms with E-state index in [1.165, 1.54) is 97.1 Å². The zero-order valence-corrected chi connectivity index (χ0v) is 38.7. The van der Waals surface area contributed by atoms with E-state index in [9.17, 15) is 42.5 Å². The summed E-state index contributed by atoms with van der Waals surface area (Å²) in [5.74, 6) is -1.09. The molecule has 0 saturated carbocycles. The second-order valence-corrected chi connectivity index (χ2v) is 23.5. The number of hydrogen-bond acceptors (Lipinski definition) is 8. The fraction of sp³-hybridized carbons (Fsp3) is 0. The van der Waals surface area contributed by atoms with Gasteiger partial charge >= 0.3 is 0 Å². The molecule has 0 N–H and O–H groups in total. The van der Waals surface area contributed by atoms with Crippen molar-refractivity contribution in [2.24, 2.45) is 0 Å². The van der Waals surface area contributed by atoms with Crippen molar-refractivity contribution in [2.75, 3.05) is 0 Å². The monoisotopic (exact) mass is 978 g/mol. The van der Waals surface area contributed by atoms with Crippen LogP contribution in [0.2, 0.25) is 0 Å². The maximum atomic E-state index is 13.7. The molecule has 0 aliphatic heterocycles. The van der Waals surface area contributed by atoms with Crippen LogP contribution in [0.5, 0.6) is 0 Å². The molecule has 0 radical (unpaired) electrons. The van der Waals surface area contributed by atoms with E-state index in [-0.39, 0.29) is 39.2 Å². The topological polar surface area (TPSA) is 137 Å². The predicted molar refractivity (Wildman–Crippen MR) is 256 cm³/mol. The zero-order valence-electron chi connectivity index (χ0n) is 35.4. The number of benzene rings is 9. The Bertz CT molecular complexity index is 3790. The van der Waals surface area contributed by atoms with Crippen LogP contribution in [0, 0.1) is 11.6 Å². The van der Waals surface area contributed by atoms with Gasteiger partial charge in [0.2, 0.25) is 39.3 Å². The van der Waals surface area contributed by atoms with Crippen LogP contribution >= 0.6 is 0 Å². The minimum absolute atomic E-state index is 0.0143. The summed E-state index contributed by atoms with van der Waals surface area (Å²) in [6.45, 7) is 0. The van der Waals surface area contributed by atoms with E-state index in [0.29, 0.717) is 22.3 Å². The molecule has 0 amide bonds. The SMILES string of the molecule is O=S(=O)(c1ccc(F)cc1)c1ccc(-c2ccc(S(=O)(=O)c3ccc(-c4cccc(-c5ccc(S(=O)(=O)c6ccc(-c7cccc(S(=O)(=O)c8ccc(F)cc8)c7)cc6)cc5)c4)cc3)cc2)cc1. The predicted octanol–water partition coefficient (Wildman–Crippen LogP) is 12.0. The lowest BCUT2D eigenvalue weighted by molar-refractivity contribution is 0.593. The molecule has 0 unspecified atom stereocenters. The Balaban J connectivity index is 0.865. The zero-order chi connectivity index (χ0) is 47.8. The molecule has 0 aliphatic carbocycles. The van der Waals surface area contributed by atoms with Gasteiger partial charge < -0.3 is 0 Å². The van der Waals surface area contributed by atoms with E-state index in [1.807, 2.05) is 24.3 Å². The second-order valence-electron chi connectivity index (χ2n) is 15.7. The maximum Gasteiger partial charge on any atom is 0.206 e. The Kier molecular flexibility index (Phi) is 12.1. The lowest BCUT2D eigenvalue weighted by Crippen LogP contribution is -2.03. The van der Waals surface area contributed by atoms with Crippen LogP contribution in [0.4, 0.5) is 8.78 Å². The molecule has 9 aromatic carbocycles. The highest BCUT2D eigenvalue weighted by Gasteiger charge is 2.22. The molecular weight excluding hydrogens is 943 g/mol. The average molecular weight is 979 g/mol. The second kappa shape index (κ2) is 18.0. The summed E-state index contributed by atoms with van der Waals surface area (Å²) in [5.41, 5.74) is 5.63. The molecule has 0 heterocycles. The standard InChI is InChI=1S/C54H36F2O8S4/c55-45-17-31-52(32-18-45)67(61,62)48-23-9-38(10-24-48)37-7-21-47(22-8-37)65(57,58)49-25-11-39(12-26-49)42-3-1-4-43(35-42)40-13-27-50(28-14-40)66(59,60)51-29-15-41(16-30-51)44-5-2-6-54(36-44)68(63,64)53-33-19-46(56)20-34-53/h1-36H. The number of halogens is 2. The van der Waals surface area contributed by atoms with E-state index < -0.39 is 51.0 Å². The summed E-state index contributed by atoms with van der Waals surface area (Å²) in [5, 5.41) is 0. The third-order valence-electron chi connectivity index (χ3n) is 11.4. The van der Waals surface area contributed by atoms with Gasteiger partial charge in [-0.05, 0) is 172 Å². The molecule has 0 fully saturated rings. The maximum absolute atomic E-state index is 13.7. The van der Waals surface area contributed by atoms with Gasteiger partial charge in [0, 0.05) is 0 Å². The van der Waals surface area contributed by atoms with Crippen molar-refractivity contribution in [3.63, 3.8) is 0 Å². The highest BCUT2D eigenvalue weighted by Crippen LogP contribution is 2.33. The molecule has 68 heavy (non-hydrogen) atoms. The van der Waals surface area contributed by atoms with Crippen molar-refractivity contribution in [3.05, 3.63) is 230 Å². The number of sulfone groups is 4. The normalized spacial score (nSPS) is 12.1. The minimum Gasteiger partial charge on any atom is -0.219 e. The Morgan fingerprint density at radius 1 is 0.206 bits per heavy atom. The Hall–Kier alpha value is -7.36. The highest BCUT2D eigenvalue weighted by atomic mass is 32.2. The molecule has 0 spiro atoms. The first-order valence-corrected chi connectivity index (χ1v) is 26.7. The van der Waals surface area contributed by atoms with Crippen LogP contribution in [-0.2, 0) is 39.3 Å². The third-order valence-corrected chi connectivity index (χ3v) is 18.5. The third kappa shape index (κ3) is 9.06. The quantitative estimate of drug-likeness (QED) is 0.110. The minimum atomic E-state index is -3.93. The summed E-state index contributed by atoms with van der Waals surface area (Å²) in [4.78, 5) is 0.277. The molecular formula is C54H36F2O8S4. The molecule has 0 bridgehead atoms. The van der Waals surface area contributed by atoms with Crippen LogP contribution in [0.15, 0.2) is 258 Å². The van der Waals surface area contributed by atoms with Gasteiger partial charge in [0.25, 0.3) is 0 Å². The Labute approximate surface area is 393 Å². The van der Waals surface area contributed by atoms with Crippen molar-refractivity contribution >= 4 is 39.3 Å². The van der Waals surface area contributed by atoms with Crippen molar-refractivity contribution in [2.45, 2.75) is 39.2 Å². The summed E-state index contributed by atoms with van der Waals surface area (Å²) in [6.07, 6.45) is 0. The van der Waals surface area contributed by atoms with Gasteiger partial charge in [0.15, 0.2) is 0 Å². The fourth-order valence-corrected chi connectivity index (χ4v) is 12.7. The molecule has 0 aromatic heterocycles. The van der Waals surface area contributed by atoms with Crippen LogP contribution < -0.4 is 0 Å². The van der Waals surface area contributed by atoms with Gasteiger partial charge in [-0.15, -0.1) is 0 Å². The van der Waals surface area contributed by atoms with E-state index in [4.69, 9.17) is 0 Å². The average Bonchev–Trinajstić information content (AvgIpc) is 3.37. The first-order valence-electron chi connectivity index (χ1n) is 20.7. The van der Waals surface area contributed by atoms with Gasteiger partial charge in [-0.1, -0.05) is 91.0 Å². The number of hydrogen-bond donors (Lipinski definition) is 0. The van der Waals surface area contributed by atoms with Gasteiger partial charge in [-0.2, -0.15) is 0 Å². The summed E-state index contributed by atoms with van der Waals surface area (Å²) >= 11 is 0. The smallest absolute Gasteiger partial charge is 0.206 e. The van der Waals surface area contributed by atoms with Crippen molar-refractivity contribution in [1.29, 1.82) is 0 Å². The van der Waals surface area contributed by atoms with Crippen LogP contribution in [0.1, 0.15) is 0 Å². The van der Waals surface area contributed by atoms with Gasteiger partial charge in [0.05, 0.1) is 39.2 Å². The molecule has 14 heteroatoms. The van der Waals surface area contributed by atoms with Gasteiger partial charge in [-0.25, -0.2) is 42.5 Å². The van der Waals surface area contributed by atoms with Crippen molar-refractivity contribution in [1.82, 2.24) is 0 Å². The lowest BCUT2D eigenvalue weighted by Gasteiger charge is -2.10. The van der Waals surface area contributed by atoms with E-state index in [0.717, 1.165) is 46.5 Å². The molecule has 8 nitrogen and oxygen atoms in total. The van der Waals surface area contributed by atoms with Crippen molar-refractivity contribution in [3.8, 4) is 44.5 Å². The first-order chi connectivity index (χ1) is 32.5. The molecule has 9 aromatic rings. The molecule has 0 saturated heterocycles. The fourth-order valence-electron chi connectivity index (χ4n) is 7.63. The van der Waals surface area contributed by atoms with Gasteiger partial charge in [0.1, 0.15) is 11.6 Å². The molecule has 338 valence electrons. The van der Waals surface area contributed by atoms with E-state index in [1.54, 1.807) is 72.8 Å². The summed E-state index contributed by atoms with van der Waals surface area (Å²) in [7, 11) is -15.6. The van der Waals surface area contributed by atoms with Crippen LogP contribution in [0.3, 0.4) is 0 Å². The van der Waals surface area contributed by atoms with Gasteiger partial charge in [-0.3, -0.25) is 0 Å². The summed E-state index contributed by atoms with van der Waals surface area (Å²) in [6, 6.07) is 54.5. The molecule has 0 atom stereocenters. The van der Waals surface area contributed by atoms with Crippen LogP contribution in [-0.4, -0.2) is 33.7 Å². The van der Waals surface area contributed by atoms with E-state index in [2.05, 4.69) is 0 Å². The largest absolute Gasteiger partial charge is 0.219 e. The Morgan fingerprint density at radius 2 is 0.412 bits per heavy atom. The van der Waals surface area contributed by atoms with E-state index >= 15 is 0 Å². The Morgan fingerprint density at radius 3 is 0.691 bits per heavy atom. The molecule has 0 aliphatic rings. The number of rotatable bonds is 12. The first kappa shape index (κ1) is 45.8.